The quantitative estimate of drug-likeness (QED) is 0.542. The van der Waals surface area contributed by atoms with Gasteiger partial charge in [0.15, 0.2) is 0 Å². The van der Waals surface area contributed by atoms with Gasteiger partial charge in [0.1, 0.15) is 17.2 Å². The normalized spacial score (nSPS) is 28.7. The Hall–Kier alpha value is -3.00. The maximum Gasteiger partial charge on any atom is 0.270 e. The van der Waals surface area contributed by atoms with Gasteiger partial charge in [-0.15, -0.1) is 0 Å². The average molecular weight is 477 g/mol. The monoisotopic (exact) mass is 476 g/mol. The number of likely N-dealkylation sites (N-methyl/N-ethyl adjacent to an activating group) is 1. The van der Waals surface area contributed by atoms with E-state index in [2.05, 4.69) is 30.8 Å². The number of amides is 2. The Bertz CT molecular complexity index is 1100. The molecule has 2 amide bonds. The van der Waals surface area contributed by atoms with Crippen molar-refractivity contribution >= 4 is 17.6 Å². The van der Waals surface area contributed by atoms with E-state index in [9.17, 15) is 9.59 Å². The summed E-state index contributed by atoms with van der Waals surface area (Å²) >= 11 is 0. The van der Waals surface area contributed by atoms with Gasteiger partial charge >= 0.3 is 0 Å². The topological polar surface area (TPSA) is 99.2 Å². The number of carbonyl (C=O) groups excluding carboxylic acids is 2. The summed E-state index contributed by atoms with van der Waals surface area (Å²) in [6.07, 6.45) is 5.83. The number of nitrogens with one attached hydrogen (secondary N) is 3. The van der Waals surface area contributed by atoms with E-state index in [0.717, 1.165) is 50.9 Å². The first-order valence-corrected chi connectivity index (χ1v) is 12.7. The van der Waals surface area contributed by atoms with Gasteiger partial charge in [0, 0.05) is 29.9 Å². The summed E-state index contributed by atoms with van der Waals surface area (Å²) in [7, 11) is 4.05. The summed E-state index contributed by atoms with van der Waals surface area (Å²) in [6, 6.07) is 11.1. The summed E-state index contributed by atoms with van der Waals surface area (Å²) in [5.74, 6) is 1.48. The van der Waals surface area contributed by atoms with Gasteiger partial charge in [-0.25, -0.2) is 9.97 Å². The number of anilines is 1. The lowest BCUT2D eigenvalue weighted by molar-refractivity contribution is -0.0449. The molecule has 2 aromatic heterocycles. The highest BCUT2D eigenvalue weighted by Crippen LogP contribution is 2.57. The second-order valence-corrected chi connectivity index (χ2v) is 11.2. The highest BCUT2D eigenvalue weighted by Gasteiger charge is 2.58. The molecule has 35 heavy (non-hydrogen) atoms. The number of carbonyl (C=O) groups is 2. The van der Waals surface area contributed by atoms with E-state index >= 15 is 0 Å². The summed E-state index contributed by atoms with van der Waals surface area (Å²) < 4.78 is 0. The Labute approximate surface area is 207 Å². The molecule has 2 heterocycles. The molecule has 186 valence electrons. The van der Waals surface area contributed by atoms with Crippen LogP contribution in [-0.4, -0.2) is 64.9 Å². The van der Waals surface area contributed by atoms with Crippen LogP contribution < -0.4 is 16.0 Å². The highest BCUT2D eigenvalue weighted by atomic mass is 16.2. The third-order valence-electron chi connectivity index (χ3n) is 7.79. The van der Waals surface area contributed by atoms with Crippen molar-refractivity contribution in [2.75, 3.05) is 32.5 Å². The van der Waals surface area contributed by atoms with Gasteiger partial charge in [-0.3, -0.25) is 9.59 Å². The molecule has 4 fully saturated rings. The van der Waals surface area contributed by atoms with E-state index in [4.69, 9.17) is 0 Å². The van der Waals surface area contributed by atoms with Crippen LogP contribution in [0.4, 0.5) is 5.82 Å². The molecule has 3 N–H and O–H groups in total. The zero-order valence-corrected chi connectivity index (χ0v) is 20.9. The molecule has 4 aliphatic rings. The van der Waals surface area contributed by atoms with Crippen molar-refractivity contribution < 1.29 is 9.59 Å². The van der Waals surface area contributed by atoms with Crippen molar-refractivity contribution in [3.05, 3.63) is 53.5 Å². The summed E-state index contributed by atoms with van der Waals surface area (Å²) in [5.41, 5.74) is 1.13. The van der Waals surface area contributed by atoms with Crippen LogP contribution in [0.1, 0.15) is 65.2 Å². The number of rotatable bonds is 8. The number of pyridine rings is 2. The van der Waals surface area contributed by atoms with Gasteiger partial charge in [-0.2, -0.15) is 0 Å². The molecule has 2 atom stereocenters. The maximum atomic E-state index is 13.3. The van der Waals surface area contributed by atoms with Crippen LogP contribution in [0, 0.1) is 18.8 Å². The fourth-order valence-electron chi connectivity index (χ4n) is 6.90. The Balaban J connectivity index is 1.30. The molecular formula is C27H36N6O2. The van der Waals surface area contributed by atoms with E-state index in [1.807, 2.05) is 45.3 Å². The molecule has 0 aliphatic heterocycles. The minimum absolute atomic E-state index is 0.115. The van der Waals surface area contributed by atoms with Crippen molar-refractivity contribution in [2.24, 2.45) is 11.8 Å². The van der Waals surface area contributed by atoms with Crippen molar-refractivity contribution in [3.8, 4) is 0 Å². The van der Waals surface area contributed by atoms with E-state index in [-0.39, 0.29) is 22.9 Å². The lowest BCUT2D eigenvalue weighted by Gasteiger charge is -2.62. The number of hydrogen-bond acceptors (Lipinski definition) is 6. The van der Waals surface area contributed by atoms with E-state index in [0.29, 0.717) is 29.0 Å². The molecule has 0 saturated heterocycles. The minimum atomic E-state index is -0.301. The molecule has 6 rings (SSSR count). The lowest BCUT2D eigenvalue weighted by Crippen LogP contribution is -2.70. The van der Waals surface area contributed by atoms with Crippen LogP contribution in [-0.2, 0) is 0 Å². The molecule has 8 nitrogen and oxygen atoms in total. The van der Waals surface area contributed by atoms with Gasteiger partial charge in [0.2, 0.25) is 0 Å². The first-order valence-electron chi connectivity index (χ1n) is 12.7. The molecule has 4 aliphatic carbocycles. The highest BCUT2D eigenvalue weighted by molar-refractivity contribution is 5.94. The number of aryl methyl sites for hydroxylation is 1. The van der Waals surface area contributed by atoms with Crippen molar-refractivity contribution in [3.63, 3.8) is 0 Å². The lowest BCUT2D eigenvalue weighted by atomic mass is 9.49. The first-order chi connectivity index (χ1) is 16.7. The molecule has 0 spiro atoms. The average Bonchev–Trinajstić information content (AvgIpc) is 2.77. The smallest absolute Gasteiger partial charge is 0.270 e. The Morgan fingerprint density at radius 2 is 1.49 bits per heavy atom. The molecule has 0 aromatic carbocycles. The Morgan fingerprint density at radius 3 is 2.06 bits per heavy atom. The van der Waals surface area contributed by atoms with Crippen LogP contribution in [0.2, 0.25) is 0 Å². The van der Waals surface area contributed by atoms with Crippen LogP contribution in [0.25, 0.3) is 0 Å². The van der Waals surface area contributed by atoms with Crippen LogP contribution in [0.5, 0.6) is 0 Å². The molecule has 4 saturated carbocycles. The van der Waals surface area contributed by atoms with Gasteiger partial charge in [-0.05, 0) is 95.6 Å². The standard InChI is InChI=1S/C27H36N6O2/c1-18-6-4-7-21(29-18)24(34)31-26-13-19-12-20(14-26)16-27(15-19,17-26)32-25(35)22-8-5-9-23(30-22)28-10-11-33(2)3/h4-9,19-20H,10-17H2,1-3H3,(H,28,30)(H,31,34)(H,32,35). The Morgan fingerprint density at radius 1 is 0.914 bits per heavy atom. The third-order valence-corrected chi connectivity index (χ3v) is 7.79. The molecule has 0 radical (unpaired) electrons. The van der Waals surface area contributed by atoms with Crippen LogP contribution >= 0.6 is 0 Å². The molecule has 2 unspecified atom stereocenters. The predicted molar refractivity (Wildman–Crippen MR) is 135 cm³/mol. The van der Waals surface area contributed by atoms with E-state index in [1.54, 1.807) is 12.1 Å². The van der Waals surface area contributed by atoms with Gasteiger partial charge in [0.05, 0.1) is 0 Å². The number of nitrogens with zero attached hydrogens (tertiary/aromatic N) is 3. The molecular weight excluding hydrogens is 440 g/mol. The maximum absolute atomic E-state index is 13.3. The zero-order chi connectivity index (χ0) is 24.6. The second-order valence-electron chi connectivity index (χ2n) is 11.2. The summed E-state index contributed by atoms with van der Waals surface area (Å²) in [4.78, 5) is 37.5. The number of hydrogen-bond donors (Lipinski definition) is 3. The molecule has 2 aromatic rings. The van der Waals surface area contributed by atoms with Crippen LogP contribution in [0.3, 0.4) is 0 Å². The molecule has 4 bridgehead atoms. The minimum Gasteiger partial charge on any atom is -0.369 e. The van der Waals surface area contributed by atoms with Crippen LogP contribution in [0.15, 0.2) is 36.4 Å². The van der Waals surface area contributed by atoms with Gasteiger partial charge in [0.25, 0.3) is 11.8 Å². The van der Waals surface area contributed by atoms with Crippen molar-refractivity contribution in [1.82, 2.24) is 25.5 Å². The third kappa shape index (κ3) is 5.17. The summed E-state index contributed by atoms with van der Waals surface area (Å²) in [6.45, 7) is 3.54. The van der Waals surface area contributed by atoms with Gasteiger partial charge in [-0.1, -0.05) is 12.1 Å². The van der Waals surface area contributed by atoms with E-state index < -0.39 is 0 Å². The summed E-state index contributed by atoms with van der Waals surface area (Å²) in [5, 5.41) is 10.0. The van der Waals surface area contributed by atoms with Gasteiger partial charge < -0.3 is 20.9 Å². The predicted octanol–water partition coefficient (Wildman–Crippen LogP) is 3.01. The fourth-order valence-corrected chi connectivity index (χ4v) is 6.90. The first kappa shape index (κ1) is 23.7. The molecule has 8 heteroatoms. The SMILES string of the molecule is Cc1cccc(C(=O)NC23CC4CC(C2)CC(NC(=O)c2cccc(NCCN(C)C)n2)(C4)C3)n1. The van der Waals surface area contributed by atoms with Crippen molar-refractivity contribution in [1.29, 1.82) is 0 Å². The largest absolute Gasteiger partial charge is 0.369 e. The van der Waals surface area contributed by atoms with E-state index in [1.165, 1.54) is 6.42 Å². The fraction of sp³-hybridized carbons (Fsp3) is 0.556. The number of aromatic nitrogens is 2. The van der Waals surface area contributed by atoms with Crippen molar-refractivity contribution in [2.45, 2.75) is 56.5 Å². The Kier molecular flexibility index (Phi) is 6.25. The second kappa shape index (κ2) is 9.22. The zero-order valence-electron chi connectivity index (χ0n) is 20.9.